The molecule has 30 heavy (non-hydrogen) atoms. The van der Waals surface area contributed by atoms with Gasteiger partial charge in [0.1, 0.15) is 0 Å². The van der Waals surface area contributed by atoms with Gasteiger partial charge in [-0.2, -0.15) is 0 Å². The van der Waals surface area contributed by atoms with Gasteiger partial charge in [0.05, 0.1) is 11.7 Å². The van der Waals surface area contributed by atoms with Crippen LogP contribution in [-0.2, 0) is 11.3 Å². The Kier molecular flexibility index (Phi) is 4.83. The van der Waals surface area contributed by atoms with Gasteiger partial charge in [0.25, 0.3) is 5.91 Å². The predicted octanol–water partition coefficient (Wildman–Crippen LogP) is 2.19. The minimum absolute atomic E-state index is 0.0437. The van der Waals surface area contributed by atoms with Crippen LogP contribution in [0.1, 0.15) is 39.1 Å². The van der Waals surface area contributed by atoms with Crippen molar-refractivity contribution >= 4 is 11.8 Å². The molecule has 3 aliphatic rings. The summed E-state index contributed by atoms with van der Waals surface area (Å²) in [6.07, 6.45) is 2.43. The monoisotopic (exact) mass is 405 g/mol. The van der Waals surface area contributed by atoms with Crippen LogP contribution in [0.25, 0.3) is 0 Å². The van der Waals surface area contributed by atoms with E-state index in [-0.39, 0.29) is 17.6 Å². The number of nitrogens with zero attached hydrogens (tertiary/aromatic N) is 1. The van der Waals surface area contributed by atoms with E-state index in [1.54, 1.807) is 24.3 Å². The van der Waals surface area contributed by atoms with E-state index in [4.69, 9.17) is 10.5 Å². The van der Waals surface area contributed by atoms with Gasteiger partial charge in [0.15, 0.2) is 0 Å². The van der Waals surface area contributed by atoms with Crippen LogP contribution in [0.4, 0.5) is 0 Å². The van der Waals surface area contributed by atoms with Gasteiger partial charge in [-0.1, -0.05) is 30.3 Å². The molecule has 2 bridgehead atoms. The zero-order valence-corrected chi connectivity index (χ0v) is 16.9. The fourth-order valence-corrected chi connectivity index (χ4v) is 5.62. The van der Waals surface area contributed by atoms with Gasteiger partial charge in [0, 0.05) is 49.1 Å². The first-order valence-corrected chi connectivity index (χ1v) is 10.7. The number of amides is 2. The number of ether oxygens (including phenoxy) is 1. The summed E-state index contributed by atoms with van der Waals surface area (Å²) in [5.74, 6) is 0.181. The Bertz CT molecular complexity index is 946. The SMILES string of the molecule is NC(=O)c1ccc(C(=O)NC[C@H]2[C@H]3CN(Cc4ccccc4)C[C@]34CC[C@H]2O4)cc1. The van der Waals surface area contributed by atoms with Crippen molar-refractivity contribution in [2.75, 3.05) is 19.6 Å². The Labute approximate surface area is 176 Å². The summed E-state index contributed by atoms with van der Waals surface area (Å²) in [5, 5.41) is 3.09. The molecule has 156 valence electrons. The number of rotatable bonds is 6. The number of nitrogens with two attached hydrogens (primary N) is 1. The number of likely N-dealkylation sites (tertiary alicyclic amines) is 1. The van der Waals surface area contributed by atoms with E-state index in [9.17, 15) is 9.59 Å². The van der Waals surface area contributed by atoms with Crippen LogP contribution in [-0.4, -0.2) is 48.1 Å². The third kappa shape index (κ3) is 3.40. The maximum Gasteiger partial charge on any atom is 0.251 e. The molecule has 6 heteroatoms. The number of benzene rings is 2. The summed E-state index contributed by atoms with van der Waals surface area (Å²) in [7, 11) is 0. The normalized spacial score (nSPS) is 29.7. The molecule has 0 aromatic heterocycles. The lowest BCUT2D eigenvalue weighted by Gasteiger charge is -2.29. The molecule has 6 nitrogen and oxygen atoms in total. The molecule has 3 heterocycles. The summed E-state index contributed by atoms with van der Waals surface area (Å²) in [6, 6.07) is 17.0. The summed E-state index contributed by atoms with van der Waals surface area (Å²) in [4.78, 5) is 26.3. The summed E-state index contributed by atoms with van der Waals surface area (Å²) < 4.78 is 6.50. The molecule has 4 atom stereocenters. The number of primary amides is 1. The highest BCUT2D eigenvalue weighted by Gasteiger charge is 2.62. The first-order valence-electron chi connectivity index (χ1n) is 10.7. The number of hydrogen-bond acceptors (Lipinski definition) is 4. The maximum atomic E-state index is 12.6. The molecular weight excluding hydrogens is 378 g/mol. The third-order valence-corrected chi connectivity index (χ3v) is 7.03. The molecule has 3 N–H and O–H groups in total. The van der Waals surface area contributed by atoms with E-state index in [1.807, 2.05) is 6.07 Å². The Balaban J connectivity index is 1.22. The van der Waals surface area contributed by atoms with Crippen LogP contribution in [0.5, 0.6) is 0 Å². The number of carbonyl (C=O) groups excluding carboxylic acids is 2. The van der Waals surface area contributed by atoms with Crippen molar-refractivity contribution in [2.45, 2.75) is 31.1 Å². The molecule has 2 amide bonds. The van der Waals surface area contributed by atoms with Crippen LogP contribution in [0.15, 0.2) is 54.6 Å². The van der Waals surface area contributed by atoms with Crippen LogP contribution < -0.4 is 11.1 Å². The Morgan fingerprint density at radius 2 is 1.83 bits per heavy atom. The lowest BCUT2D eigenvalue weighted by molar-refractivity contribution is 0.00212. The predicted molar refractivity (Wildman–Crippen MR) is 113 cm³/mol. The van der Waals surface area contributed by atoms with Crippen molar-refractivity contribution in [3.63, 3.8) is 0 Å². The molecule has 3 saturated heterocycles. The maximum absolute atomic E-state index is 12.6. The van der Waals surface area contributed by atoms with Crippen molar-refractivity contribution in [1.82, 2.24) is 10.2 Å². The van der Waals surface area contributed by atoms with E-state index in [1.165, 1.54) is 5.56 Å². The summed E-state index contributed by atoms with van der Waals surface area (Å²) in [6.45, 7) is 3.55. The molecule has 5 rings (SSSR count). The fourth-order valence-electron chi connectivity index (χ4n) is 5.62. The minimum atomic E-state index is -0.493. The Morgan fingerprint density at radius 3 is 2.57 bits per heavy atom. The molecule has 0 unspecified atom stereocenters. The van der Waals surface area contributed by atoms with E-state index >= 15 is 0 Å². The van der Waals surface area contributed by atoms with E-state index in [2.05, 4.69) is 34.5 Å². The highest BCUT2D eigenvalue weighted by Crippen LogP contribution is 2.54. The highest BCUT2D eigenvalue weighted by molar-refractivity contribution is 5.97. The second kappa shape index (κ2) is 7.52. The number of hydrogen-bond donors (Lipinski definition) is 2. The van der Waals surface area contributed by atoms with Crippen molar-refractivity contribution < 1.29 is 14.3 Å². The molecule has 3 aliphatic heterocycles. The smallest absolute Gasteiger partial charge is 0.251 e. The molecule has 2 aromatic rings. The zero-order chi connectivity index (χ0) is 20.7. The van der Waals surface area contributed by atoms with E-state index in [0.29, 0.717) is 29.5 Å². The van der Waals surface area contributed by atoms with Crippen molar-refractivity contribution in [1.29, 1.82) is 0 Å². The molecule has 1 spiro atoms. The molecule has 2 aromatic carbocycles. The average Bonchev–Trinajstić information content (AvgIpc) is 3.41. The molecule has 0 aliphatic carbocycles. The fraction of sp³-hybridized carbons (Fsp3) is 0.417. The lowest BCUT2D eigenvalue weighted by Crippen LogP contribution is -2.41. The topological polar surface area (TPSA) is 84.7 Å². The average molecular weight is 405 g/mol. The number of fused-ring (bicyclic) bond motifs is 1. The van der Waals surface area contributed by atoms with Gasteiger partial charge in [-0.3, -0.25) is 14.5 Å². The zero-order valence-electron chi connectivity index (χ0n) is 16.9. The van der Waals surface area contributed by atoms with E-state index < -0.39 is 5.91 Å². The summed E-state index contributed by atoms with van der Waals surface area (Å²) in [5.41, 5.74) is 7.49. The Hall–Kier alpha value is -2.70. The second-order valence-corrected chi connectivity index (χ2v) is 8.84. The molecule has 3 fully saturated rings. The molecule has 0 radical (unpaired) electrons. The van der Waals surface area contributed by atoms with Gasteiger partial charge in [-0.15, -0.1) is 0 Å². The van der Waals surface area contributed by atoms with Crippen molar-refractivity contribution in [3.05, 3.63) is 71.3 Å². The van der Waals surface area contributed by atoms with Gasteiger partial charge >= 0.3 is 0 Å². The highest BCUT2D eigenvalue weighted by atomic mass is 16.5. The molecule has 0 saturated carbocycles. The minimum Gasteiger partial charge on any atom is -0.370 e. The number of nitrogens with one attached hydrogen (secondary N) is 1. The van der Waals surface area contributed by atoms with Crippen LogP contribution >= 0.6 is 0 Å². The van der Waals surface area contributed by atoms with Crippen LogP contribution in [0.2, 0.25) is 0 Å². The van der Waals surface area contributed by atoms with Gasteiger partial charge < -0.3 is 15.8 Å². The standard InChI is InChI=1S/C24H27N3O3/c25-22(28)17-6-8-18(9-7-17)23(29)26-12-19-20-14-27(13-16-4-2-1-3-5-16)15-24(20)11-10-21(19)30-24/h1-9,19-21H,10-15H2,(H2,25,28)(H,26,29)/t19-,20+,21+,24+/m0/s1. The van der Waals surface area contributed by atoms with Gasteiger partial charge in [-0.05, 0) is 42.7 Å². The van der Waals surface area contributed by atoms with Crippen molar-refractivity contribution in [2.24, 2.45) is 17.6 Å². The van der Waals surface area contributed by atoms with Gasteiger partial charge in [0.2, 0.25) is 5.91 Å². The second-order valence-electron chi connectivity index (χ2n) is 8.84. The van der Waals surface area contributed by atoms with Crippen LogP contribution in [0.3, 0.4) is 0 Å². The quantitative estimate of drug-likeness (QED) is 0.772. The Morgan fingerprint density at radius 1 is 1.10 bits per heavy atom. The lowest BCUT2D eigenvalue weighted by atomic mass is 9.73. The molecular formula is C24H27N3O3. The number of carbonyl (C=O) groups is 2. The van der Waals surface area contributed by atoms with Crippen LogP contribution in [0, 0.1) is 11.8 Å². The largest absolute Gasteiger partial charge is 0.370 e. The first kappa shape index (κ1) is 19.3. The third-order valence-electron chi connectivity index (χ3n) is 7.03. The summed E-state index contributed by atoms with van der Waals surface area (Å²) >= 11 is 0. The van der Waals surface area contributed by atoms with Crippen molar-refractivity contribution in [3.8, 4) is 0 Å². The first-order chi connectivity index (χ1) is 14.5. The van der Waals surface area contributed by atoms with E-state index in [0.717, 1.165) is 32.5 Å². The van der Waals surface area contributed by atoms with Gasteiger partial charge in [-0.25, -0.2) is 0 Å².